The second kappa shape index (κ2) is 4.84. The van der Waals surface area contributed by atoms with E-state index in [0.29, 0.717) is 0 Å². The molecule has 18 heavy (non-hydrogen) atoms. The summed E-state index contributed by atoms with van der Waals surface area (Å²) >= 11 is 1.80. The third kappa shape index (κ3) is 2.09. The van der Waals surface area contributed by atoms with Crippen LogP contribution in [0.1, 0.15) is 24.8 Å². The number of rotatable bonds is 1. The van der Waals surface area contributed by atoms with Gasteiger partial charge in [-0.3, -0.25) is 4.79 Å². The first kappa shape index (κ1) is 11.9. The molecule has 96 valence electrons. The summed E-state index contributed by atoms with van der Waals surface area (Å²) in [6, 6.07) is 5.94. The smallest absolute Gasteiger partial charge is 0.240 e. The van der Waals surface area contributed by atoms with Crippen LogP contribution in [0.2, 0.25) is 0 Å². The summed E-state index contributed by atoms with van der Waals surface area (Å²) in [6.45, 7) is 0.840. The number of carbonyl (C=O) groups excluding carboxylic acids is 1. The lowest BCUT2D eigenvalue weighted by molar-refractivity contribution is -0.118. The van der Waals surface area contributed by atoms with Crippen molar-refractivity contribution < 1.29 is 4.79 Å². The average molecular weight is 262 g/mol. The Hall–Kier alpha value is -1.16. The van der Waals surface area contributed by atoms with Crippen molar-refractivity contribution in [3.8, 4) is 0 Å². The van der Waals surface area contributed by atoms with Gasteiger partial charge >= 0.3 is 0 Å². The SMILES string of the molecule is Nc1ccc2c(c1)N(C(=O)C1CCCS1)CCC2. The van der Waals surface area contributed by atoms with Crippen molar-refractivity contribution in [2.45, 2.75) is 30.9 Å². The Morgan fingerprint density at radius 2 is 2.28 bits per heavy atom. The van der Waals surface area contributed by atoms with Crippen LogP contribution in [-0.4, -0.2) is 23.5 Å². The first-order valence-electron chi connectivity index (χ1n) is 6.57. The van der Waals surface area contributed by atoms with Gasteiger partial charge in [0.05, 0.1) is 5.25 Å². The van der Waals surface area contributed by atoms with E-state index in [1.807, 2.05) is 17.0 Å². The highest BCUT2D eigenvalue weighted by Gasteiger charge is 2.31. The monoisotopic (exact) mass is 262 g/mol. The van der Waals surface area contributed by atoms with Gasteiger partial charge < -0.3 is 10.6 Å². The van der Waals surface area contributed by atoms with E-state index in [2.05, 4.69) is 6.07 Å². The molecule has 1 aromatic carbocycles. The van der Waals surface area contributed by atoms with Crippen LogP contribution in [0.15, 0.2) is 18.2 Å². The van der Waals surface area contributed by atoms with E-state index in [1.54, 1.807) is 11.8 Å². The molecule has 2 N–H and O–H groups in total. The first-order valence-corrected chi connectivity index (χ1v) is 7.62. The fraction of sp³-hybridized carbons (Fsp3) is 0.500. The zero-order valence-electron chi connectivity index (χ0n) is 10.4. The molecule has 2 aliphatic heterocycles. The molecule has 1 saturated heterocycles. The zero-order chi connectivity index (χ0) is 12.5. The largest absolute Gasteiger partial charge is 0.399 e. The minimum Gasteiger partial charge on any atom is -0.399 e. The van der Waals surface area contributed by atoms with Gasteiger partial charge in [0.25, 0.3) is 0 Å². The van der Waals surface area contributed by atoms with E-state index >= 15 is 0 Å². The Morgan fingerprint density at radius 1 is 1.39 bits per heavy atom. The van der Waals surface area contributed by atoms with Crippen molar-refractivity contribution in [2.75, 3.05) is 22.9 Å². The van der Waals surface area contributed by atoms with Gasteiger partial charge in [-0.2, -0.15) is 0 Å². The molecule has 0 bridgehead atoms. The molecular formula is C14H18N2OS. The van der Waals surface area contributed by atoms with Crippen molar-refractivity contribution in [2.24, 2.45) is 0 Å². The Balaban J connectivity index is 1.90. The third-order valence-corrected chi connectivity index (χ3v) is 5.06. The summed E-state index contributed by atoms with van der Waals surface area (Å²) in [5, 5.41) is 0.164. The van der Waals surface area contributed by atoms with Crippen molar-refractivity contribution >= 4 is 29.0 Å². The van der Waals surface area contributed by atoms with E-state index in [9.17, 15) is 4.79 Å². The van der Waals surface area contributed by atoms with Crippen LogP contribution in [0.4, 0.5) is 11.4 Å². The number of thioether (sulfide) groups is 1. The summed E-state index contributed by atoms with van der Waals surface area (Å²) in [5.74, 6) is 1.40. The van der Waals surface area contributed by atoms with E-state index in [1.165, 1.54) is 12.0 Å². The molecule has 1 atom stereocenters. The molecule has 0 radical (unpaired) electrons. The number of aryl methyl sites for hydroxylation is 1. The van der Waals surface area contributed by atoms with Crippen LogP contribution in [-0.2, 0) is 11.2 Å². The van der Waals surface area contributed by atoms with Crippen LogP contribution >= 0.6 is 11.8 Å². The van der Waals surface area contributed by atoms with E-state index in [4.69, 9.17) is 5.73 Å². The van der Waals surface area contributed by atoms with Crippen molar-refractivity contribution in [1.29, 1.82) is 0 Å². The summed E-state index contributed by atoms with van der Waals surface area (Å²) in [5.41, 5.74) is 8.89. The van der Waals surface area contributed by atoms with Crippen LogP contribution in [0.25, 0.3) is 0 Å². The number of hydrogen-bond donors (Lipinski definition) is 1. The molecule has 1 aromatic rings. The quantitative estimate of drug-likeness (QED) is 0.791. The topological polar surface area (TPSA) is 46.3 Å². The lowest BCUT2D eigenvalue weighted by atomic mass is 10.0. The molecule has 1 amide bonds. The molecule has 0 saturated carbocycles. The molecule has 3 nitrogen and oxygen atoms in total. The molecule has 3 rings (SSSR count). The molecule has 0 aromatic heterocycles. The fourth-order valence-electron chi connectivity index (χ4n) is 2.77. The minimum absolute atomic E-state index is 0.164. The maximum absolute atomic E-state index is 12.5. The molecule has 1 fully saturated rings. The number of benzene rings is 1. The van der Waals surface area contributed by atoms with Gasteiger partial charge in [0.15, 0.2) is 0 Å². The van der Waals surface area contributed by atoms with Crippen molar-refractivity contribution in [3.63, 3.8) is 0 Å². The number of anilines is 2. The van der Waals surface area contributed by atoms with Gasteiger partial charge in [0.1, 0.15) is 0 Å². The number of fused-ring (bicyclic) bond motifs is 1. The number of carbonyl (C=O) groups is 1. The molecule has 2 aliphatic rings. The molecule has 4 heteroatoms. The summed E-state index contributed by atoms with van der Waals surface area (Å²) in [7, 11) is 0. The highest BCUT2D eigenvalue weighted by molar-refractivity contribution is 8.00. The maximum Gasteiger partial charge on any atom is 0.240 e. The second-order valence-corrected chi connectivity index (χ2v) is 6.29. The van der Waals surface area contributed by atoms with Gasteiger partial charge in [-0.1, -0.05) is 6.07 Å². The molecule has 1 unspecified atom stereocenters. The van der Waals surface area contributed by atoms with Crippen LogP contribution < -0.4 is 10.6 Å². The zero-order valence-corrected chi connectivity index (χ0v) is 11.2. The van der Waals surface area contributed by atoms with Crippen molar-refractivity contribution in [1.82, 2.24) is 0 Å². The van der Waals surface area contributed by atoms with Gasteiger partial charge in [0.2, 0.25) is 5.91 Å². The standard InChI is InChI=1S/C14H18N2OS/c15-11-6-5-10-3-1-7-16(12(10)9-11)14(17)13-4-2-8-18-13/h5-6,9,13H,1-4,7-8,15H2. The van der Waals surface area contributed by atoms with Gasteiger partial charge in [-0.25, -0.2) is 0 Å². The Kier molecular flexibility index (Phi) is 3.20. The van der Waals surface area contributed by atoms with E-state index < -0.39 is 0 Å². The molecule has 0 aliphatic carbocycles. The van der Waals surface area contributed by atoms with Crippen LogP contribution in [0.5, 0.6) is 0 Å². The number of nitrogens with zero attached hydrogens (tertiary/aromatic N) is 1. The number of hydrogen-bond acceptors (Lipinski definition) is 3. The van der Waals surface area contributed by atoms with Gasteiger partial charge in [-0.15, -0.1) is 11.8 Å². The van der Waals surface area contributed by atoms with Crippen molar-refractivity contribution in [3.05, 3.63) is 23.8 Å². The van der Waals surface area contributed by atoms with Crippen LogP contribution in [0.3, 0.4) is 0 Å². The number of nitrogens with two attached hydrogens (primary N) is 1. The lowest BCUT2D eigenvalue weighted by Gasteiger charge is -2.31. The fourth-order valence-corrected chi connectivity index (χ4v) is 3.99. The predicted octanol–water partition coefficient (Wildman–Crippen LogP) is 2.44. The molecule has 2 heterocycles. The number of amides is 1. The highest BCUT2D eigenvalue weighted by atomic mass is 32.2. The first-order chi connectivity index (χ1) is 8.75. The summed E-state index contributed by atoms with van der Waals surface area (Å²) in [4.78, 5) is 14.5. The minimum atomic E-state index is 0.164. The van der Waals surface area contributed by atoms with E-state index in [-0.39, 0.29) is 11.2 Å². The van der Waals surface area contributed by atoms with Gasteiger partial charge in [0, 0.05) is 17.9 Å². The average Bonchev–Trinajstić information content (AvgIpc) is 2.91. The molecular weight excluding hydrogens is 244 g/mol. The van der Waals surface area contributed by atoms with E-state index in [0.717, 1.165) is 42.9 Å². The van der Waals surface area contributed by atoms with Gasteiger partial charge in [-0.05, 0) is 49.1 Å². The molecule has 0 spiro atoms. The lowest BCUT2D eigenvalue weighted by Crippen LogP contribution is -2.40. The third-order valence-electron chi connectivity index (χ3n) is 3.70. The maximum atomic E-state index is 12.5. The predicted molar refractivity (Wildman–Crippen MR) is 77.0 cm³/mol. The van der Waals surface area contributed by atoms with Crippen LogP contribution in [0, 0.1) is 0 Å². The Labute approximate surface area is 112 Å². The Morgan fingerprint density at radius 3 is 3.06 bits per heavy atom. The highest BCUT2D eigenvalue weighted by Crippen LogP contribution is 2.34. The summed E-state index contributed by atoms with van der Waals surface area (Å²) < 4.78 is 0. The normalized spacial score (nSPS) is 22.9. The Bertz CT molecular complexity index is 469. The summed E-state index contributed by atoms with van der Waals surface area (Å²) in [6.07, 6.45) is 4.30. The number of nitrogen functional groups attached to an aromatic ring is 1. The second-order valence-electron chi connectivity index (χ2n) is 4.98.